The fourth-order valence-electron chi connectivity index (χ4n) is 1.41. The van der Waals surface area contributed by atoms with E-state index in [0.717, 1.165) is 0 Å². The molecule has 0 bridgehead atoms. The van der Waals surface area contributed by atoms with Crippen LogP contribution in [0.4, 0.5) is 0 Å². The Morgan fingerprint density at radius 1 is 1.09 bits per heavy atom. The van der Waals surface area contributed by atoms with Crippen molar-refractivity contribution in [1.82, 2.24) is 0 Å². The van der Waals surface area contributed by atoms with Crippen molar-refractivity contribution in [3.63, 3.8) is 0 Å². The second-order valence-electron chi connectivity index (χ2n) is 3.62. The summed E-state index contributed by atoms with van der Waals surface area (Å²) < 4.78 is 0. The predicted molar refractivity (Wildman–Crippen MR) is 44.6 cm³/mol. The molecule has 1 heteroatoms. The van der Waals surface area contributed by atoms with Crippen LogP contribution in [0.2, 0.25) is 0 Å². The van der Waals surface area contributed by atoms with E-state index in [4.69, 9.17) is 0 Å². The normalized spacial score (nSPS) is 21.4. The van der Waals surface area contributed by atoms with E-state index in [1.807, 2.05) is 0 Å². The first-order valence-corrected chi connectivity index (χ1v) is 3.75. The average molecular weight is 190 g/mol. The third-order valence-corrected chi connectivity index (χ3v) is 2.56. The molecule has 0 nitrogen and oxygen atoms in total. The maximum atomic E-state index is 3.44. The molecule has 0 aromatic heterocycles. The molecule has 0 unspecified atom stereocenters. The van der Waals surface area contributed by atoms with Gasteiger partial charge in [0.1, 0.15) is 0 Å². The van der Waals surface area contributed by atoms with Gasteiger partial charge in [-0.05, 0) is 0 Å². The summed E-state index contributed by atoms with van der Waals surface area (Å²) in [6, 6.07) is 0. The van der Waals surface area contributed by atoms with E-state index in [-0.39, 0.29) is 22.5 Å². The molecule has 1 aliphatic carbocycles. The van der Waals surface area contributed by atoms with Gasteiger partial charge in [0.2, 0.25) is 0 Å². The molecule has 0 N–H and O–H groups in total. The molecule has 0 aliphatic heterocycles. The quantitative estimate of drug-likeness (QED) is 0.406. The second kappa shape index (κ2) is 3.16. The third-order valence-electron chi connectivity index (χ3n) is 2.56. The average Bonchev–Trinajstić information content (AvgIpc) is 1.95. The van der Waals surface area contributed by atoms with Gasteiger partial charge in [-0.1, -0.05) is 33.1 Å². The van der Waals surface area contributed by atoms with E-state index < -0.39 is 0 Å². The van der Waals surface area contributed by atoms with Gasteiger partial charge in [-0.3, -0.25) is 6.08 Å². The molecule has 0 atom stereocenters. The Bertz CT molecular complexity index is 219. The molecule has 1 radical (unpaired) electrons. The van der Waals surface area contributed by atoms with Gasteiger partial charge >= 0.3 is 0 Å². The fourth-order valence-corrected chi connectivity index (χ4v) is 1.41. The van der Waals surface area contributed by atoms with Crippen LogP contribution in [0.1, 0.15) is 34.6 Å². The summed E-state index contributed by atoms with van der Waals surface area (Å²) in [5, 5.41) is 0. The van der Waals surface area contributed by atoms with Crippen LogP contribution >= 0.6 is 0 Å². The minimum Gasteiger partial charge on any atom is -0.263 e. The molecule has 1 rings (SSSR count). The summed E-state index contributed by atoms with van der Waals surface area (Å²) in [5.41, 5.74) is 4.39. The molecule has 0 aromatic carbocycles. The van der Waals surface area contributed by atoms with Gasteiger partial charge in [0.25, 0.3) is 0 Å². The molecule has 0 spiro atoms. The topological polar surface area (TPSA) is 0 Å². The first-order valence-electron chi connectivity index (χ1n) is 3.75. The van der Waals surface area contributed by atoms with Gasteiger partial charge in [-0.15, -0.1) is 6.92 Å². The van der Waals surface area contributed by atoms with Crippen LogP contribution in [0, 0.1) is 11.5 Å². The summed E-state index contributed by atoms with van der Waals surface area (Å²) >= 11 is 0. The molecular formula is C10H15Mn-. The molecule has 0 amide bonds. The van der Waals surface area contributed by atoms with Crippen molar-refractivity contribution in [2.24, 2.45) is 5.41 Å². The SMILES string of the molecule is CC1=[C-]C(C)(C)C(C)=C1C.[Mn]. The van der Waals surface area contributed by atoms with Crippen LogP contribution in [0.25, 0.3) is 0 Å². The molecule has 63 valence electrons. The van der Waals surface area contributed by atoms with Crippen molar-refractivity contribution in [1.29, 1.82) is 0 Å². The molecule has 11 heavy (non-hydrogen) atoms. The Kier molecular flexibility index (Phi) is 3.16. The van der Waals surface area contributed by atoms with E-state index >= 15 is 0 Å². The molecule has 0 fully saturated rings. The largest absolute Gasteiger partial charge is 0.263 e. The number of allylic oxidation sites excluding steroid dienone is 4. The first kappa shape index (κ1) is 11.0. The molecule has 0 aromatic rings. The molecular weight excluding hydrogens is 175 g/mol. The second-order valence-corrected chi connectivity index (χ2v) is 3.62. The van der Waals surface area contributed by atoms with Crippen LogP contribution in [0.5, 0.6) is 0 Å². The maximum Gasteiger partial charge on any atom is 0 e. The van der Waals surface area contributed by atoms with E-state index in [9.17, 15) is 0 Å². The van der Waals surface area contributed by atoms with E-state index in [1.165, 1.54) is 16.7 Å². The van der Waals surface area contributed by atoms with Gasteiger partial charge in [-0.2, -0.15) is 11.1 Å². The van der Waals surface area contributed by atoms with Crippen LogP contribution in [-0.2, 0) is 17.1 Å². The predicted octanol–water partition coefficient (Wildman–Crippen LogP) is 3.11. The van der Waals surface area contributed by atoms with Gasteiger partial charge in [0, 0.05) is 17.1 Å². The number of hydrogen-bond acceptors (Lipinski definition) is 0. The van der Waals surface area contributed by atoms with E-state index in [0.29, 0.717) is 0 Å². The van der Waals surface area contributed by atoms with Crippen molar-refractivity contribution in [3.8, 4) is 0 Å². The Morgan fingerprint density at radius 3 is 1.64 bits per heavy atom. The zero-order valence-electron chi connectivity index (χ0n) is 7.88. The Hall–Kier alpha value is -0.000519. The first-order chi connectivity index (χ1) is 4.45. The standard InChI is InChI=1S/C10H15.Mn/c1-7-6-10(4,5)9(3)8(7)2;/h1-5H3;/q-1;. The Balaban J connectivity index is 0.000001000. The molecule has 1 aliphatic rings. The van der Waals surface area contributed by atoms with Crippen molar-refractivity contribution in [2.45, 2.75) is 34.6 Å². The van der Waals surface area contributed by atoms with Crippen LogP contribution in [0.3, 0.4) is 0 Å². The van der Waals surface area contributed by atoms with Crippen molar-refractivity contribution in [3.05, 3.63) is 22.8 Å². The van der Waals surface area contributed by atoms with Crippen molar-refractivity contribution < 1.29 is 17.1 Å². The minimum atomic E-state index is 0. The maximum absolute atomic E-state index is 3.44. The summed E-state index contributed by atoms with van der Waals surface area (Å²) in [6.45, 7) is 10.9. The molecule has 0 saturated heterocycles. The summed E-state index contributed by atoms with van der Waals surface area (Å²) in [4.78, 5) is 0. The van der Waals surface area contributed by atoms with Crippen molar-refractivity contribution in [2.75, 3.05) is 0 Å². The number of rotatable bonds is 0. The smallest absolute Gasteiger partial charge is 0 e. The zero-order valence-corrected chi connectivity index (χ0v) is 9.06. The Morgan fingerprint density at radius 2 is 1.55 bits per heavy atom. The van der Waals surface area contributed by atoms with Crippen LogP contribution < -0.4 is 0 Å². The fraction of sp³-hybridized carbons (Fsp3) is 0.600. The van der Waals surface area contributed by atoms with Gasteiger partial charge in [-0.25, -0.2) is 5.57 Å². The number of hydrogen-bond donors (Lipinski definition) is 0. The third kappa shape index (κ3) is 1.77. The van der Waals surface area contributed by atoms with E-state index in [2.05, 4.69) is 40.7 Å². The zero-order chi connectivity index (χ0) is 7.94. The van der Waals surface area contributed by atoms with Gasteiger partial charge in [0.05, 0.1) is 0 Å². The minimum absolute atomic E-state index is 0. The summed E-state index contributed by atoms with van der Waals surface area (Å²) in [5.74, 6) is 0. The summed E-state index contributed by atoms with van der Waals surface area (Å²) in [7, 11) is 0. The van der Waals surface area contributed by atoms with Crippen LogP contribution in [0.15, 0.2) is 16.7 Å². The molecule has 0 heterocycles. The molecule has 0 saturated carbocycles. The van der Waals surface area contributed by atoms with Crippen LogP contribution in [-0.4, -0.2) is 0 Å². The van der Waals surface area contributed by atoms with Gasteiger partial charge < -0.3 is 0 Å². The summed E-state index contributed by atoms with van der Waals surface area (Å²) in [6.07, 6.45) is 3.44. The van der Waals surface area contributed by atoms with Crippen molar-refractivity contribution >= 4 is 0 Å². The van der Waals surface area contributed by atoms with E-state index in [1.54, 1.807) is 0 Å². The Labute approximate surface area is 80.2 Å². The monoisotopic (exact) mass is 190 g/mol. The van der Waals surface area contributed by atoms with Gasteiger partial charge in [0.15, 0.2) is 0 Å².